The first kappa shape index (κ1) is 19.9. The zero-order valence-corrected chi connectivity index (χ0v) is 18.0. The van der Waals surface area contributed by atoms with Crippen molar-refractivity contribution in [3.8, 4) is 0 Å². The molecule has 0 N–H and O–H groups in total. The summed E-state index contributed by atoms with van der Waals surface area (Å²) in [7, 11) is -1.49. The third-order valence-corrected chi connectivity index (χ3v) is 7.20. The Morgan fingerprint density at radius 2 is 2.04 bits per heavy atom. The standard InChI is InChI=1S/C21H38O2Si/c1-16(10-8-14-20(2,3)23-24(5,6)7)17-12-13-18-19(22)11-9-15-21(17,18)4/h12,16,18H,8-11,13-15H2,1-7H3. The van der Waals surface area contributed by atoms with Crippen LogP contribution < -0.4 is 0 Å². The normalized spacial score (nSPS) is 29.4. The molecule has 0 aromatic rings. The van der Waals surface area contributed by atoms with E-state index >= 15 is 0 Å². The lowest BCUT2D eigenvalue weighted by Crippen LogP contribution is -2.38. The first-order chi connectivity index (χ1) is 10.9. The van der Waals surface area contributed by atoms with E-state index in [4.69, 9.17) is 4.43 Å². The van der Waals surface area contributed by atoms with Gasteiger partial charge in [0, 0.05) is 12.3 Å². The molecule has 2 aliphatic rings. The minimum Gasteiger partial charge on any atom is -0.413 e. The Kier molecular flexibility index (Phi) is 5.86. The lowest BCUT2D eigenvalue weighted by atomic mass is 9.63. The van der Waals surface area contributed by atoms with Crippen LogP contribution in [-0.4, -0.2) is 19.7 Å². The Labute approximate surface area is 150 Å². The van der Waals surface area contributed by atoms with Gasteiger partial charge in [-0.25, -0.2) is 0 Å². The highest BCUT2D eigenvalue weighted by Crippen LogP contribution is 2.53. The lowest BCUT2D eigenvalue weighted by Gasteiger charge is -2.40. The molecule has 1 saturated carbocycles. The molecule has 0 aromatic heterocycles. The van der Waals surface area contributed by atoms with Gasteiger partial charge in [0.25, 0.3) is 0 Å². The first-order valence-electron chi connectivity index (χ1n) is 9.88. The Morgan fingerprint density at radius 3 is 2.67 bits per heavy atom. The van der Waals surface area contributed by atoms with Crippen molar-refractivity contribution in [2.45, 2.75) is 97.9 Å². The minimum absolute atomic E-state index is 0.0124. The molecule has 0 aliphatic heterocycles. The second kappa shape index (κ2) is 7.07. The highest BCUT2D eigenvalue weighted by atomic mass is 28.4. The fraction of sp³-hybridized carbons (Fsp3) is 0.857. The van der Waals surface area contributed by atoms with Crippen molar-refractivity contribution in [2.75, 3.05) is 0 Å². The van der Waals surface area contributed by atoms with E-state index in [0.29, 0.717) is 11.7 Å². The minimum atomic E-state index is -1.49. The van der Waals surface area contributed by atoms with Crippen LogP contribution in [0.2, 0.25) is 19.6 Å². The molecule has 0 amide bonds. The Balaban J connectivity index is 1.89. The highest BCUT2D eigenvalue weighted by Gasteiger charge is 2.47. The summed E-state index contributed by atoms with van der Waals surface area (Å²) in [5.41, 5.74) is 1.71. The first-order valence-corrected chi connectivity index (χ1v) is 13.3. The molecule has 24 heavy (non-hydrogen) atoms. The zero-order chi connectivity index (χ0) is 18.2. The summed E-state index contributed by atoms with van der Waals surface area (Å²) >= 11 is 0. The summed E-state index contributed by atoms with van der Waals surface area (Å²) in [5, 5.41) is 0. The smallest absolute Gasteiger partial charge is 0.184 e. The quantitative estimate of drug-likeness (QED) is 0.408. The molecular weight excluding hydrogens is 312 g/mol. The van der Waals surface area contributed by atoms with E-state index in [1.54, 1.807) is 5.57 Å². The molecule has 3 heteroatoms. The number of carbonyl (C=O) groups is 1. The molecule has 138 valence electrons. The molecule has 3 atom stereocenters. The number of ketones is 1. The summed E-state index contributed by atoms with van der Waals surface area (Å²) < 4.78 is 6.33. The monoisotopic (exact) mass is 350 g/mol. The van der Waals surface area contributed by atoms with E-state index in [-0.39, 0.29) is 16.9 Å². The van der Waals surface area contributed by atoms with E-state index in [1.807, 2.05) is 0 Å². The molecule has 3 unspecified atom stereocenters. The maximum absolute atomic E-state index is 12.3. The summed E-state index contributed by atoms with van der Waals surface area (Å²) in [5.74, 6) is 1.37. The molecule has 0 saturated heterocycles. The van der Waals surface area contributed by atoms with Gasteiger partial charge in [-0.2, -0.15) is 0 Å². The van der Waals surface area contributed by atoms with Crippen molar-refractivity contribution in [1.29, 1.82) is 0 Å². The van der Waals surface area contributed by atoms with Crippen LogP contribution >= 0.6 is 0 Å². The average Bonchev–Trinajstić information content (AvgIpc) is 2.74. The predicted octanol–water partition coefficient (Wildman–Crippen LogP) is 6.13. The second-order valence-electron chi connectivity index (χ2n) is 9.95. The molecule has 0 spiro atoms. The highest BCUT2D eigenvalue weighted by molar-refractivity contribution is 6.69. The third kappa shape index (κ3) is 4.60. The summed E-state index contributed by atoms with van der Waals surface area (Å²) in [6, 6.07) is 0. The van der Waals surface area contributed by atoms with Crippen molar-refractivity contribution in [2.24, 2.45) is 17.3 Å². The Morgan fingerprint density at radius 1 is 1.38 bits per heavy atom. The van der Waals surface area contributed by atoms with Crippen LogP contribution in [0.25, 0.3) is 0 Å². The number of Topliss-reactive ketones (excluding diaryl/α,β-unsaturated/α-hetero) is 1. The van der Waals surface area contributed by atoms with Gasteiger partial charge < -0.3 is 4.43 Å². The fourth-order valence-corrected chi connectivity index (χ4v) is 6.94. The van der Waals surface area contributed by atoms with Crippen LogP contribution in [0.4, 0.5) is 0 Å². The molecule has 1 fully saturated rings. The summed E-state index contributed by atoms with van der Waals surface area (Å²) in [6.45, 7) is 16.0. The van der Waals surface area contributed by atoms with E-state index in [2.05, 4.69) is 53.4 Å². The Bertz CT molecular complexity index is 500. The third-order valence-electron chi connectivity index (χ3n) is 6.04. The maximum Gasteiger partial charge on any atom is 0.184 e. The van der Waals surface area contributed by atoms with Gasteiger partial charge in [-0.1, -0.05) is 31.9 Å². The van der Waals surface area contributed by atoms with Gasteiger partial charge in [-0.15, -0.1) is 0 Å². The van der Waals surface area contributed by atoms with Crippen molar-refractivity contribution >= 4 is 14.1 Å². The fourth-order valence-electron chi connectivity index (χ4n) is 5.18. The molecule has 2 nitrogen and oxygen atoms in total. The van der Waals surface area contributed by atoms with Crippen LogP contribution in [0.15, 0.2) is 11.6 Å². The molecule has 0 radical (unpaired) electrons. The van der Waals surface area contributed by atoms with Crippen LogP contribution in [0.3, 0.4) is 0 Å². The number of hydrogen-bond donors (Lipinski definition) is 0. The topological polar surface area (TPSA) is 26.3 Å². The molecule has 2 rings (SSSR count). The average molecular weight is 351 g/mol. The van der Waals surface area contributed by atoms with Crippen molar-refractivity contribution < 1.29 is 9.22 Å². The van der Waals surface area contributed by atoms with Crippen LogP contribution in [0.5, 0.6) is 0 Å². The lowest BCUT2D eigenvalue weighted by molar-refractivity contribution is -0.128. The van der Waals surface area contributed by atoms with Gasteiger partial charge in [-0.05, 0) is 76.9 Å². The molecular formula is C21H38O2Si. The number of hydrogen-bond acceptors (Lipinski definition) is 2. The Hall–Kier alpha value is -0.413. The summed E-state index contributed by atoms with van der Waals surface area (Å²) in [6.07, 6.45) is 10.00. The maximum atomic E-state index is 12.3. The van der Waals surface area contributed by atoms with Crippen LogP contribution in [-0.2, 0) is 9.22 Å². The van der Waals surface area contributed by atoms with Gasteiger partial charge in [0.1, 0.15) is 5.78 Å². The van der Waals surface area contributed by atoms with E-state index in [1.165, 1.54) is 19.3 Å². The van der Waals surface area contributed by atoms with Gasteiger partial charge in [0.2, 0.25) is 0 Å². The molecule has 2 aliphatic carbocycles. The van der Waals surface area contributed by atoms with Crippen molar-refractivity contribution in [3.63, 3.8) is 0 Å². The molecule has 0 bridgehead atoms. The number of carbonyl (C=O) groups excluding carboxylic acids is 1. The number of rotatable bonds is 7. The number of fused-ring (bicyclic) bond motifs is 1. The van der Waals surface area contributed by atoms with Crippen molar-refractivity contribution in [3.05, 3.63) is 11.6 Å². The van der Waals surface area contributed by atoms with Gasteiger partial charge in [-0.3, -0.25) is 4.79 Å². The number of allylic oxidation sites excluding steroid dienone is 2. The van der Waals surface area contributed by atoms with Crippen molar-refractivity contribution in [1.82, 2.24) is 0 Å². The van der Waals surface area contributed by atoms with E-state index in [9.17, 15) is 4.79 Å². The van der Waals surface area contributed by atoms with Gasteiger partial charge >= 0.3 is 0 Å². The molecule has 0 heterocycles. The SMILES string of the molecule is CC(CCCC(C)(C)O[Si](C)(C)C)C1=CCC2C(=O)CCCC12C. The van der Waals surface area contributed by atoms with E-state index in [0.717, 1.165) is 25.7 Å². The summed E-state index contributed by atoms with van der Waals surface area (Å²) in [4.78, 5) is 12.3. The molecule has 0 aromatic carbocycles. The largest absolute Gasteiger partial charge is 0.413 e. The van der Waals surface area contributed by atoms with Gasteiger partial charge in [0.15, 0.2) is 8.32 Å². The predicted molar refractivity (Wildman–Crippen MR) is 105 cm³/mol. The van der Waals surface area contributed by atoms with Crippen LogP contribution in [0.1, 0.15) is 72.6 Å². The van der Waals surface area contributed by atoms with Crippen LogP contribution in [0, 0.1) is 17.3 Å². The second-order valence-corrected chi connectivity index (χ2v) is 14.4. The van der Waals surface area contributed by atoms with Gasteiger partial charge in [0.05, 0.1) is 5.60 Å². The zero-order valence-electron chi connectivity index (χ0n) is 17.0. The van der Waals surface area contributed by atoms with E-state index < -0.39 is 8.32 Å².